The van der Waals surface area contributed by atoms with E-state index in [0.717, 1.165) is 56.4 Å². The first-order valence-electron chi connectivity index (χ1n) is 6.36. The van der Waals surface area contributed by atoms with E-state index in [1.165, 1.54) is 0 Å². The number of rotatable bonds is 4. The Kier molecular flexibility index (Phi) is 4.46. The van der Waals surface area contributed by atoms with E-state index in [0.29, 0.717) is 0 Å². The Bertz CT molecular complexity index is 662. The maximum absolute atomic E-state index is 12.7. The SMILES string of the molecule is O=S(=O)(F)c1ccc(S(=O)(=O)NC2CCCCC2)cc1. The highest BCUT2D eigenvalue weighted by Crippen LogP contribution is 2.21. The van der Waals surface area contributed by atoms with Crippen molar-refractivity contribution < 1.29 is 20.7 Å². The van der Waals surface area contributed by atoms with E-state index in [1.807, 2.05) is 0 Å². The first-order chi connectivity index (χ1) is 9.29. The number of sulfonamides is 1. The molecule has 1 fully saturated rings. The van der Waals surface area contributed by atoms with Crippen molar-refractivity contribution in [3.63, 3.8) is 0 Å². The molecule has 1 aromatic rings. The Morgan fingerprint density at radius 3 is 1.90 bits per heavy atom. The molecule has 0 bridgehead atoms. The summed E-state index contributed by atoms with van der Waals surface area (Å²) < 4.78 is 60.9. The van der Waals surface area contributed by atoms with Gasteiger partial charge in [0, 0.05) is 6.04 Å². The molecule has 20 heavy (non-hydrogen) atoms. The van der Waals surface area contributed by atoms with Gasteiger partial charge in [0.2, 0.25) is 10.0 Å². The van der Waals surface area contributed by atoms with Crippen LogP contribution in [0.3, 0.4) is 0 Å². The molecule has 0 unspecified atom stereocenters. The molecule has 2 rings (SSSR count). The highest BCUT2D eigenvalue weighted by atomic mass is 32.3. The topological polar surface area (TPSA) is 80.3 Å². The zero-order valence-electron chi connectivity index (χ0n) is 10.7. The molecule has 0 atom stereocenters. The van der Waals surface area contributed by atoms with Gasteiger partial charge >= 0.3 is 10.2 Å². The fraction of sp³-hybridized carbons (Fsp3) is 0.500. The van der Waals surface area contributed by atoms with Gasteiger partial charge in [-0.1, -0.05) is 19.3 Å². The minimum Gasteiger partial charge on any atom is -0.208 e. The molecular formula is C12H16FNO4S2. The maximum Gasteiger partial charge on any atom is 0.332 e. The zero-order valence-corrected chi connectivity index (χ0v) is 12.4. The van der Waals surface area contributed by atoms with Gasteiger partial charge in [-0.25, -0.2) is 13.1 Å². The van der Waals surface area contributed by atoms with Gasteiger partial charge in [-0.15, -0.1) is 3.89 Å². The van der Waals surface area contributed by atoms with Gasteiger partial charge in [0.05, 0.1) is 9.79 Å². The van der Waals surface area contributed by atoms with Gasteiger partial charge in [0.1, 0.15) is 0 Å². The molecule has 0 heterocycles. The fourth-order valence-corrected chi connectivity index (χ4v) is 4.06. The summed E-state index contributed by atoms with van der Waals surface area (Å²) in [5.74, 6) is 0. The fourth-order valence-electron chi connectivity index (χ4n) is 2.29. The molecule has 0 aliphatic heterocycles. The molecule has 1 saturated carbocycles. The Morgan fingerprint density at radius 1 is 0.900 bits per heavy atom. The number of benzene rings is 1. The van der Waals surface area contributed by atoms with Crippen LogP contribution in [-0.4, -0.2) is 22.9 Å². The Hall–Kier alpha value is -0.990. The first kappa shape index (κ1) is 15.4. The molecule has 0 amide bonds. The van der Waals surface area contributed by atoms with Crippen molar-refractivity contribution in [2.24, 2.45) is 0 Å². The molecule has 8 heteroatoms. The first-order valence-corrected chi connectivity index (χ1v) is 9.23. The van der Waals surface area contributed by atoms with Crippen molar-refractivity contribution in [2.75, 3.05) is 0 Å². The summed E-state index contributed by atoms with van der Waals surface area (Å²) in [5.41, 5.74) is 0. The molecular weight excluding hydrogens is 305 g/mol. The highest BCUT2D eigenvalue weighted by Gasteiger charge is 2.22. The standard InChI is InChI=1S/C12H16FNO4S2/c13-19(15,16)11-6-8-12(9-7-11)20(17,18)14-10-4-2-1-3-5-10/h6-10,14H,1-5H2. The predicted molar refractivity (Wildman–Crippen MR) is 71.9 cm³/mol. The summed E-state index contributed by atoms with van der Waals surface area (Å²) in [5, 5.41) is 0. The van der Waals surface area contributed by atoms with E-state index >= 15 is 0 Å². The summed E-state index contributed by atoms with van der Waals surface area (Å²) in [6.07, 6.45) is 4.70. The minimum absolute atomic E-state index is 0.0597. The molecule has 1 aromatic carbocycles. The highest BCUT2D eigenvalue weighted by molar-refractivity contribution is 7.89. The lowest BCUT2D eigenvalue weighted by Gasteiger charge is -2.22. The molecule has 5 nitrogen and oxygen atoms in total. The van der Waals surface area contributed by atoms with Gasteiger partial charge in [0.15, 0.2) is 0 Å². The Morgan fingerprint density at radius 2 is 1.40 bits per heavy atom. The zero-order chi connectivity index (χ0) is 14.8. The Labute approximate surface area is 118 Å². The van der Waals surface area contributed by atoms with Crippen molar-refractivity contribution in [1.29, 1.82) is 0 Å². The van der Waals surface area contributed by atoms with Gasteiger partial charge in [-0.05, 0) is 37.1 Å². The molecule has 1 aliphatic rings. The van der Waals surface area contributed by atoms with Crippen LogP contribution in [0.1, 0.15) is 32.1 Å². The van der Waals surface area contributed by atoms with Crippen molar-refractivity contribution in [2.45, 2.75) is 47.9 Å². The van der Waals surface area contributed by atoms with Gasteiger partial charge in [-0.2, -0.15) is 8.42 Å². The van der Waals surface area contributed by atoms with Crippen molar-refractivity contribution in [3.05, 3.63) is 24.3 Å². The van der Waals surface area contributed by atoms with Crippen LogP contribution in [0, 0.1) is 0 Å². The lowest BCUT2D eigenvalue weighted by Crippen LogP contribution is -2.36. The number of hydrogen-bond acceptors (Lipinski definition) is 4. The van der Waals surface area contributed by atoms with Crippen molar-refractivity contribution in [1.82, 2.24) is 4.72 Å². The smallest absolute Gasteiger partial charge is 0.208 e. The molecule has 112 valence electrons. The van der Waals surface area contributed by atoms with E-state index in [1.54, 1.807) is 0 Å². The summed E-state index contributed by atoms with van der Waals surface area (Å²) in [4.78, 5) is -0.607. The summed E-state index contributed by atoms with van der Waals surface area (Å²) in [6.45, 7) is 0. The van der Waals surface area contributed by atoms with Crippen LogP contribution >= 0.6 is 0 Å². The molecule has 0 radical (unpaired) electrons. The van der Waals surface area contributed by atoms with Crippen LogP contribution in [0.4, 0.5) is 3.89 Å². The summed E-state index contributed by atoms with van der Waals surface area (Å²) in [7, 11) is -8.50. The average molecular weight is 321 g/mol. The normalized spacial score (nSPS) is 18.1. The van der Waals surface area contributed by atoms with E-state index in [9.17, 15) is 20.7 Å². The molecule has 1 N–H and O–H groups in total. The third-order valence-electron chi connectivity index (χ3n) is 3.34. The number of halogens is 1. The van der Waals surface area contributed by atoms with Crippen molar-refractivity contribution in [3.8, 4) is 0 Å². The average Bonchev–Trinajstić information content (AvgIpc) is 2.38. The maximum atomic E-state index is 12.7. The number of hydrogen-bond donors (Lipinski definition) is 1. The van der Waals surface area contributed by atoms with Crippen molar-refractivity contribution >= 4 is 20.2 Å². The van der Waals surface area contributed by atoms with Gasteiger partial charge in [-0.3, -0.25) is 0 Å². The van der Waals surface area contributed by atoms with Crippen LogP contribution in [0.5, 0.6) is 0 Å². The quantitative estimate of drug-likeness (QED) is 0.860. The lowest BCUT2D eigenvalue weighted by atomic mass is 9.96. The van der Waals surface area contributed by atoms with Crippen LogP contribution in [-0.2, 0) is 20.2 Å². The largest absolute Gasteiger partial charge is 0.332 e. The second-order valence-electron chi connectivity index (χ2n) is 4.87. The third kappa shape index (κ3) is 3.77. The van der Waals surface area contributed by atoms with E-state index < -0.39 is 25.1 Å². The minimum atomic E-state index is -4.81. The summed E-state index contributed by atoms with van der Waals surface area (Å²) in [6, 6.07) is 4.00. The second kappa shape index (κ2) is 5.79. The molecule has 0 saturated heterocycles. The van der Waals surface area contributed by atoms with Gasteiger partial charge in [0.25, 0.3) is 0 Å². The predicted octanol–water partition coefficient (Wildman–Crippen LogP) is 1.96. The monoisotopic (exact) mass is 321 g/mol. The third-order valence-corrected chi connectivity index (χ3v) is 5.71. The Balaban J connectivity index is 2.17. The van der Waals surface area contributed by atoms with E-state index in [4.69, 9.17) is 0 Å². The molecule has 1 aliphatic carbocycles. The molecule has 0 spiro atoms. The summed E-state index contributed by atoms with van der Waals surface area (Å²) >= 11 is 0. The van der Waals surface area contributed by atoms with Crippen LogP contribution in [0.2, 0.25) is 0 Å². The molecule has 0 aromatic heterocycles. The van der Waals surface area contributed by atoms with Gasteiger partial charge < -0.3 is 0 Å². The van der Waals surface area contributed by atoms with E-state index in [-0.39, 0.29) is 10.9 Å². The second-order valence-corrected chi connectivity index (χ2v) is 7.93. The number of nitrogens with one attached hydrogen (secondary N) is 1. The van der Waals surface area contributed by atoms with Crippen LogP contribution in [0.15, 0.2) is 34.1 Å². The van der Waals surface area contributed by atoms with E-state index in [2.05, 4.69) is 4.72 Å². The van der Waals surface area contributed by atoms with Crippen LogP contribution in [0.25, 0.3) is 0 Å². The van der Waals surface area contributed by atoms with Crippen LogP contribution < -0.4 is 4.72 Å². The lowest BCUT2D eigenvalue weighted by molar-refractivity contribution is 0.412.